The van der Waals surface area contributed by atoms with E-state index >= 15 is 0 Å². The highest BCUT2D eigenvalue weighted by Gasteiger charge is 2.24. The third-order valence-corrected chi connectivity index (χ3v) is 4.49. The lowest BCUT2D eigenvalue weighted by Crippen LogP contribution is -2.15. The summed E-state index contributed by atoms with van der Waals surface area (Å²) in [7, 11) is 1.59. The number of benzene rings is 1. The van der Waals surface area contributed by atoms with Crippen molar-refractivity contribution in [2.75, 3.05) is 12.4 Å². The van der Waals surface area contributed by atoms with Gasteiger partial charge in [-0.15, -0.1) is 5.10 Å². The van der Waals surface area contributed by atoms with Crippen LogP contribution in [0.4, 0.5) is 5.95 Å². The Morgan fingerprint density at radius 1 is 1.23 bits per heavy atom. The van der Waals surface area contributed by atoms with E-state index in [9.17, 15) is 4.79 Å². The minimum atomic E-state index is -0.359. The summed E-state index contributed by atoms with van der Waals surface area (Å²) in [6.45, 7) is 0. The lowest BCUT2D eigenvalue weighted by atomic mass is 10.1. The predicted molar refractivity (Wildman–Crippen MR) is 94.1 cm³/mol. The van der Waals surface area contributed by atoms with Crippen molar-refractivity contribution in [3.8, 4) is 17.1 Å². The topological polar surface area (TPSA) is 106 Å². The first-order valence-electron chi connectivity index (χ1n) is 8.61. The van der Waals surface area contributed by atoms with Crippen molar-refractivity contribution in [2.45, 2.75) is 32.1 Å². The smallest absolute Gasteiger partial charge is 0.280 e. The largest absolute Gasteiger partial charge is 0.496 e. The molecule has 134 valence electrons. The van der Waals surface area contributed by atoms with E-state index in [-0.39, 0.29) is 11.9 Å². The number of aryl methyl sites for hydroxylation is 1. The van der Waals surface area contributed by atoms with Crippen molar-refractivity contribution in [2.24, 2.45) is 0 Å². The number of carbonyl (C=O) groups is 1. The molecule has 2 N–H and O–H groups in total. The molecule has 0 fully saturated rings. The van der Waals surface area contributed by atoms with Crippen LogP contribution in [0.1, 0.15) is 41.1 Å². The van der Waals surface area contributed by atoms with E-state index < -0.39 is 0 Å². The van der Waals surface area contributed by atoms with Crippen LogP contribution in [0.2, 0.25) is 0 Å². The molecule has 1 aliphatic rings. The molecule has 0 spiro atoms. The molecule has 8 nitrogen and oxygen atoms in total. The molecule has 0 saturated heterocycles. The quantitative estimate of drug-likeness (QED) is 0.699. The molecule has 1 aromatic carbocycles. The molecular formula is C18H19N5O3. The molecule has 0 aliphatic heterocycles. The van der Waals surface area contributed by atoms with Crippen LogP contribution in [0.5, 0.6) is 5.75 Å². The fourth-order valence-corrected chi connectivity index (χ4v) is 3.18. The van der Waals surface area contributed by atoms with Crippen LogP contribution in [0.15, 0.2) is 28.8 Å². The van der Waals surface area contributed by atoms with E-state index in [0.717, 1.165) is 49.0 Å². The van der Waals surface area contributed by atoms with Crippen LogP contribution < -0.4 is 10.1 Å². The Bertz CT molecular complexity index is 931. The molecule has 26 heavy (non-hydrogen) atoms. The average Bonchev–Trinajstić information content (AvgIpc) is 3.22. The van der Waals surface area contributed by atoms with Crippen molar-refractivity contribution in [3.05, 3.63) is 41.3 Å². The number of hydrogen-bond donors (Lipinski definition) is 2. The predicted octanol–water partition coefficient (Wildman–Crippen LogP) is 2.99. The minimum absolute atomic E-state index is 0.182. The van der Waals surface area contributed by atoms with Gasteiger partial charge < -0.3 is 9.26 Å². The van der Waals surface area contributed by atoms with E-state index in [2.05, 4.69) is 25.7 Å². The maximum atomic E-state index is 12.6. The van der Waals surface area contributed by atoms with Gasteiger partial charge in [-0.25, -0.2) is 0 Å². The molecule has 1 aliphatic carbocycles. The highest BCUT2D eigenvalue weighted by Crippen LogP contribution is 2.27. The van der Waals surface area contributed by atoms with Gasteiger partial charge in [0, 0.05) is 12.0 Å². The number of fused-ring (bicyclic) bond motifs is 1. The van der Waals surface area contributed by atoms with E-state index in [1.807, 2.05) is 24.3 Å². The van der Waals surface area contributed by atoms with Crippen molar-refractivity contribution in [3.63, 3.8) is 0 Å². The fourth-order valence-electron chi connectivity index (χ4n) is 3.18. The summed E-state index contributed by atoms with van der Waals surface area (Å²) in [5.74, 6) is 1.82. The number of nitrogens with one attached hydrogen (secondary N) is 2. The standard InChI is InChI=1S/C18H19N5O3/c1-25-13-9-6-5-8-12(13)16-19-18(22-21-16)20-17(24)15-11-7-3-2-4-10-14(11)26-23-15/h5-6,8-9H,2-4,7,10H2,1H3,(H2,19,20,21,22,24). The number of carbonyl (C=O) groups excluding carboxylic acids is 1. The number of rotatable bonds is 4. The molecule has 8 heteroatoms. The number of aromatic amines is 1. The Morgan fingerprint density at radius 2 is 2.08 bits per heavy atom. The average molecular weight is 353 g/mol. The first-order chi connectivity index (χ1) is 12.8. The molecule has 1 amide bonds. The summed E-state index contributed by atoms with van der Waals surface area (Å²) in [6, 6.07) is 7.45. The minimum Gasteiger partial charge on any atom is -0.496 e. The van der Waals surface area contributed by atoms with Gasteiger partial charge in [-0.2, -0.15) is 4.98 Å². The highest BCUT2D eigenvalue weighted by atomic mass is 16.5. The van der Waals surface area contributed by atoms with Gasteiger partial charge in [0.15, 0.2) is 11.5 Å². The van der Waals surface area contributed by atoms with Crippen LogP contribution in [0.3, 0.4) is 0 Å². The summed E-state index contributed by atoms with van der Waals surface area (Å²) < 4.78 is 10.7. The molecule has 0 unspecified atom stereocenters. The molecule has 0 radical (unpaired) electrons. The van der Waals surface area contributed by atoms with Crippen LogP contribution in [-0.4, -0.2) is 33.4 Å². The van der Waals surface area contributed by atoms with Crippen LogP contribution in [-0.2, 0) is 12.8 Å². The lowest BCUT2D eigenvalue weighted by molar-refractivity contribution is 0.101. The normalized spacial score (nSPS) is 13.7. The second-order valence-corrected chi connectivity index (χ2v) is 6.16. The Labute approximate surface area is 150 Å². The maximum absolute atomic E-state index is 12.6. The summed E-state index contributed by atoms with van der Waals surface area (Å²) in [6.07, 6.45) is 4.87. The zero-order valence-corrected chi connectivity index (χ0v) is 14.4. The molecule has 0 saturated carbocycles. The third-order valence-electron chi connectivity index (χ3n) is 4.49. The van der Waals surface area contributed by atoms with Crippen molar-refractivity contribution in [1.29, 1.82) is 0 Å². The zero-order valence-electron chi connectivity index (χ0n) is 14.4. The number of methoxy groups -OCH3 is 1. The van der Waals surface area contributed by atoms with Crippen LogP contribution in [0.25, 0.3) is 11.4 Å². The van der Waals surface area contributed by atoms with Crippen molar-refractivity contribution >= 4 is 11.9 Å². The molecular weight excluding hydrogens is 334 g/mol. The van der Waals surface area contributed by atoms with Gasteiger partial charge in [-0.1, -0.05) is 23.7 Å². The van der Waals surface area contributed by atoms with Gasteiger partial charge in [0.2, 0.25) is 5.95 Å². The molecule has 2 heterocycles. The lowest BCUT2D eigenvalue weighted by Gasteiger charge is -2.04. The van der Waals surface area contributed by atoms with E-state index in [0.29, 0.717) is 17.3 Å². The summed E-state index contributed by atoms with van der Waals surface area (Å²) >= 11 is 0. The summed E-state index contributed by atoms with van der Waals surface area (Å²) in [5.41, 5.74) is 1.99. The second-order valence-electron chi connectivity index (χ2n) is 6.16. The Kier molecular flexibility index (Phi) is 4.39. The summed E-state index contributed by atoms with van der Waals surface area (Å²) in [4.78, 5) is 16.9. The van der Waals surface area contributed by atoms with E-state index in [4.69, 9.17) is 9.26 Å². The van der Waals surface area contributed by atoms with Gasteiger partial charge >= 0.3 is 0 Å². The number of nitrogens with zero attached hydrogens (tertiary/aromatic N) is 3. The monoisotopic (exact) mass is 353 g/mol. The fraction of sp³-hybridized carbons (Fsp3) is 0.333. The molecule has 0 atom stereocenters. The van der Waals surface area contributed by atoms with Crippen molar-refractivity contribution < 1.29 is 14.1 Å². The third kappa shape index (κ3) is 3.05. The number of para-hydroxylation sites is 1. The summed E-state index contributed by atoms with van der Waals surface area (Å²) in [5, 5.41) is 13.5. The van der Waals surface area contributed by atoms with Gasteiger partial charge in [0.05, 0.1) is 12.7 Å². The number of aromatic nitrogens is 4. The number of ether oxygens (including phenoxy) is 1. The van der Waals surface area contributed by atoms with Gasteiger partial charge in [-0.05, 0) is 31.4 Å². The Balaban J connectivity index is 1.55. The molecule has 2 aromatic heterocycles. The van der Waals surface area contributed by atoms with Gasteiger partial charge in [0.1, 0.15) is 11.5 Å². The highest BCUT2D eigenvalue weighted by molar-refractivity contribution is 6.03. The van der Waals surface area contributed by atoms with Crippen LogP contribution >= 0.6 is 0 Å². The zero-order chi connectivity index (χ0) is 17.9. The van der Waals surface area contributed by atoms with Crippen molar-refractivity contribution in [1.82, 2.24) is 20.3 Å². The first-order valence-corrected chi connectivity index (χ1v) is 8.61. The van der Waals surface area contributed by atoms with Crippen LogP contribution in [0, 0.1) is 0 Å². The maximum Gasteiger partial charge on any atom is 0.280 e. The number of anilines is 1. The molecule has 3 aromatic rings. The van der Waals surface area contributed by atoms with E-state index in [1.165, 1.54) is 0 Å². The SMILES string of the molecule is COc1ccccc1-c1nc(NC(=O)c2noc3c2CCCCC3)n[nH]1. The van der Waals surface area contributed by atoms with Gasteiger partial charge in [0.25, 0.3) is 5.91 Å². The number of amides is 1. The number of H-pyrrole nitrogens is 1. The number of hydrogen-bond acceptors (Lipinski definition) is 6. The Morgan fingerprint density at radius 3 is 2.96 bits per heavy atom. The first kappa shape index (κ1) is 16.3. The second kappa shape index (κ2) is 6.99. The van der Waals surface area contributed by atoms with E-state index in [1.54, 1.807) is 7.11 Å². The molecule has 0 bridgehead atoms. The van der Waals surface area contributed by atoms with Gasteiger partial charge in [-0.3, -0.25) is 15.2 Å². The Hall–Kier alpha value is -3.16. The molecule has 4 rings (SSSR count).